The third-order valence-corrected chi connectivity index (χ3v) is 4.79. The number of H-pyrrole nitrogens is 1. The molecule has 0 aliphatic heterocycles. The van der Waals surface area contributed by atoms with E-state index in [1.165, 1.54) is 19.2 Å². The number of rotatable bonds is 4. The van der Waals surface area contributed by atoms with E-state index < -0.39 is 28.9 Å². The van der Waals surface area contributed by atoms with Gasteiger partial charge in [0.2, 0.25) is 11.7 Å². The number of nitrogens with one attached hydrogen (secondary N) is 1. The van der Waals surface area contributed by atoms with Crippen LogP contribution in [0.5, 0.6) is 0 Å². The van der Waals surface area contributed by atoms with Crippen LogP contribution in [-0.2, 0) is 0 Å². The van der Waals surface area contributed by atoms with E-state index in [9.17, 15) is 18.4 Å². The lowest BCUT2D eigenvalue weighted by Gasteiger charge is -2.07. The maximum absolute atomic E-state index is 14.4. The molecule has 7 heteroatoms. The molecule has 0 saturated carbocycles. The zero-order chi connectivity index (χ0) is 20.7. The van der Waals surface area contributed by atoms with Crippen molar-refractivity contribution in [2.75, 3.05) is 0 Å². The first-order valence-corrected chi connectivity index (χ1v) is 8.73. The Bertz CT molecular complexity index is 1290. The van der Waals surface area contributed by atoms with Gasteiger partial charge in [-0.15, -0.1) is 0 Å². The molecule has 2 aromatic heterocycles. The van der Waals surface area contributed by atoms with E-state index in [0.29, 0.717) is 22.2 Å². The smallest absolute Gasteiger partial charge is 0.248 e. The van der Waals surface area contributed by atoms with E-state index in [-0.39, 0.29) is 14.0 Å². The summed E-state index contributed by atoms with van der Waals surface area (Å²) < 4.78 is 28.6. The lowest BCUT2D eigenvalue weighted by molar-refractivity contribution is 0.0998. The van der Waals surface area contributed by atoms with Crippen molar-refractivity contribution < 1.29 is 21.2 Å². The summed E-state index contributed by atoms with van der Waals surface area (Å²) in [5.74, 6) is -3.10. The molecule has 0 aliphatic carbocycles. The minimum atomic E-state index is -0.918. The van der Waals surface area contributed by atoms with Gasteiger partial charge in [0.25, 0.3) is 0 Å². The van der Waals surface area contributed by atoms with Crippen molar-refractivity contribution in [3.63, 3.8) is 0 Å². The number of carbonyl (C=O) groups excluding carboxylic acids is 2. The monoisotopic (exact) mass is 395 g/mol. The molecule has 0 fully saturated rings. The first-order chi connectivity index (χ1) is 13.9. The van der Waals surface area contributed by atoms with Gasteiger partial charge in [0.05, 0.1) is 5.56 Å². The quantitative estimate of drug-likeness (QED) is 0.494. The molecule has 0 radical (unpaired) electrons. The van der Waals surface area contributed by atoms with Crippen LogP contribution in [0, 0.1) is 18.6 Å². The Kier molecular flexibility index (Phi) is 4.43. The lowest BCUT2D eigenvalue weighted by Crippen LogP contribution is -2.10. The van der Waals surface area contributed by atoms with Crippen LogP contribution in [0.15, 0.2) is 54.9 Å². The highest BCUT2D eigenvalue weighted by molar-refractivity contribution is 6.16. The maximum atomic E-state index is 14.4. The average Bonchev–Trinajstić information content (AvgIpc) is 3.14. The molecule has 3 N–H and O–H groups in total. The number of ketones is 1. The van der Waals surface area contributed by atoms with Gasteiger partial charge in [-0.2, -0.15) is 0 Å². The molecule has 148 valence electrons. The van der Waals surface area contributed by atoms with Gasteiger partial charge in [0.15, 0.2) is 0 Å². The number of amides is 1. The van der Waals surface area contributed by atoms with Crippen LogP contribution in [0.3, 0.4) is 0 Å². The van der Waals surface area contributed by atoms with E-state index in [1.807, 2.05) is 0 Å². The highest BCUT2D eigenvalue weighted by atomic mass is 19.1. The van der Waals surface area contributed by atoms with E-state index in [4.69, 9.17) is 5.73 Å². The normalized spacial score (nSPS) is 11.0. The number of nitrogens with two attached hydrogens (primary N) is 1. The highest BCUT2D eigenvalue weighted by Gasteiger charge is 2.23. The fourth-order valence-electron chi connectivity index (χ4n) is 3.18. The summed E-state index contributed by atoms with van der Waals surface area (Å²) in [6, 6.07) is 10.6. The molecular formula is C22H19F2N3O2. The van der Waals surface area contributed by atoms with Crippen LogP contribution < -0.4 is 5.73 Å². The van der Waals surface area contributed by atoms with Crippen LogP contribution in [0.2, 0.25) is 0 Å². The zero-order valence-electron chi connectivity index (χ0n) is 15.3. The lowest BCUT2D eigenvalue weighted by atomic mass is 9.98. The summed E-state index contributed by atoms with van der Waals surface area (Å²) in [5.41, 5.74) is 7.16. The number of carbonyl (C=O) groups is 2. The van der Waals surface area contributed by atoms with Gasteiger partial charge in [0.1, 0.15) is 17.3 Å². The molecule has 4 aromatic rings. The molecule has 0 saturated heterocycles. The summed E-state index contributed by atoms with van der Waals surface area (Å²) in [7, 11) is 0. The molecule has 0 atom stereocenters. The van der Waals surface area contributed by atoms with Crippen LogP contribution in [0.1, 0.15) is 34.7 Å². The Balaban J connectivity index is 0.00000171. The number of benzene rings is 2. The van der Waals surface area contributed by atoms with Crippen LogP contribution in [-0.4, -0.2) is 21.7 Å². The first-order valence-electron chi connectivity index (χ1n) is 8.73. The van der Waals surface area contributed by atoms with Gasteiger partial charge >= 0.3 is 0 Å². The third-order valence-electron chi connectivity index (χ3n) is 4.79. The average molecular weight is 395 g/mol. The molecule has 2 heterocycles. The number of hydrogen-bond acceptors (Lipinski definition) is 3. The van der Waals surface area contributed by atoms with Crippen molar-refractivity contribution in [2.24, 2.45) is 5.73 Å². The second-order valence-corrected chi connectivity index (χ2v) is 6.65. The van der Waals surface area contributed by atoms with Crippen LogP contribution in [0.25, 0.3) is 22.2 Å². The van der Waals surface area contributed by atoms with Gasteiger partial charge in [-0.05, 0) is 42.3 Å². The number of pyridine rings is 1. The number of fused-ring (bicyclic) bond motifs is 1. The van der Waals surface area contributed by atoms with Crippen LogP contribution >= 0.6 is 0 Å². The zero-order valence-corrected chi connectivity index (χ0v) is 15.3. The molecular weight excluding hydrogens is 376 g/mol. The van der Waals surface area contributed by atoms with Gasteiger partial charge in [-0.25, -0.2) is 13.8 Å². The second-order valence-electron chi connectivity index (χ2n) is 6.65. The number of hydrogen-bond donors (Lipinski definition) is 2. The molecule has 0 spiro atoms. The van der Waals surface area contributed by atoms with Gasteiger partial charge in [-0.3, -0.25) is 9.59 Å². The van der Waals surface area contributed by atoms with Crippen molar-refractivity contribution in [3.05, 3.63) is 88.7 Å². The molecule has 5 nitrogen and oxygen atoms in total. The standard InChI is InChI=1S/C22H15F2N3O2.2H2/c1-11-2-7-17(23)18(19(11)24)20(28)16-10-27-22-15(16)8-14(9-26-22)12-3-5-13(6-4-12)21(25)29;;/h2-10H,1H3,(H2,25,29)(H,26,27);2*1H. The van der Waals surface area contributed by atoms with Crippen molar-refractivity contribution in [1.29, 1.82) is 0 Å². The Morgan fingerprint density at radius 1 is 1.07 bits per heavy atom. The summed E-state index contributed by atoms with van der Waals surface area (Å²) in [5, 5.41) is 0.437. The number of aryl methyl sites for hydroxylation is 1. The molecule has 29 heavy (non-hydrogen) atoms. The molecule has 0 bridgehead atoms. The maximum Gasteiger partial charge on any atom is 0.248 e. The van der Waals surface area contributed by atoms with Gasteiger partial charge in [-0.1, -0.05) is 18.2 Å². The SMILES string of the molecule is Cc1ccc(F)c(C(=O)c2c[nH]c3ncc(-c4ccc(C(N)=O)cc4)cc23)c1F.[HH].[HH]. The summed E-state index contributed by atoms with van der Waals surface area (Å²) in [6.45, 7) is 1.47. The van der Waals surface area contributed by atoms with E-state index in [0.717, 1.165) is 11.6 Å². The van der Waals surface area contributed by atoms with Crippen molar-refractivity contribution in [2.45, 2.75) is 6.92 Å². The Labute approximate surface area is 167 Å². The number of aromatic nitrogens is 2. The van der Waals surface area contributed by atoms with Crippen molar-refractivity contribution >= 4 is 22.7 Å². The van der Waals surface area contributed by atoms with Crippen molar-refractivity contribution in [3.8, 4) is 11.1 Å². The largest absolute Gasteiger partial charge is 0.366 e. The molecule has 0 unspecified atom stereocenters. The van der Waals surface area contributed by atoms with Crippen molar-refractivity contribution in [1.82, 2.24) is 9.97 Å². The fraction of sp³-hybridized carbons (Fsp3) is 0.0455. The molecule has 1 amide bonds. The van der Waals surface area contributed by atoms with E-state index >= 15 is 0 Å². The predicted octanol–water partition coefficient (Wildman–Crippen LogP) is 4.64. The molecule has 2 aromatic carbocycles. The van der Waals surface area contributed by atoms with E-state index in [2.05, 4.69) is 9.97 Å². The third kappa shape index (κ3) is 3.16. The minimum absolute atomic E-state index is 0. The van der Waals surface area contributed by atoms with Crippen LogP contribution in [0.4, 0.5) is 8.78 Å². The number of primary amides is 1. The summed E-state index contributed by atoms with van der Waals surface area (Å²) >= 11 is 0. The van der Waals surface area contributed by atoms with E-state index in [1.54, 1.807) is 36.5 Å². The number of halogens is 2. The number of nitrogens with zero attached hydrogens (tertiary/aromatic N) is 1. The van der Waals surface area contributed by atoms with Gasteiger partial charge < -0.3 is 10.7 Å². The predicted molar refractivity (Wildman–Crippen MR) is 109 cm³/mol. The number of aromatic amines is 1. The minimum Gasteiger partial charge on any atom is -0.366 e. The molecule has 0 aliphatic rings. The first kappa shape index (κ1) is 18.5. The Morgan fingerprint density at radius 2 is 1.79 bits per heavy atom. The van der Waals surface area contributed by atoms with Gasteiger partial charge in [0, 0.05) is 37.3 Å². The molecule has 4 rings (SSSR count). The highest BCUT2D eigenvalue weighted by Crippen LogP contribution is 2.28. The fourth-order valence-corrected chi connectivity index (χ4v) is 3.18. The Hall–Kier alpha value is -3.87. The topological polar surface area (TPSA) is 88.8 Å². The second kappa shape index (κ2) is 6.94. The summed E-state index contributed by atoms with van der Waals surface area (Å²) in [4.78, 5) is 31.3. The summed E-state index contributed by atoms with van der Waals surface area (Å²) in [6.07, 6.45) is 2.99. The Morgan fingerprint density at radius 3 is 2.48 bits per heavy atom.